The number of amides is 1. The van der Waals surface area contributed by atoms with Gasteiger partial charge in [-0.2, -0.15) is 5.10 Å². The minimum Gasteiger partial charge on any atom is -0.370 e. The van der Waals surface area contributed by atoms with E-state index in [2.05, 4.69) is 58.9 Å². The summed E-state index contributed by atoms with van der Waals surface area (Å²) in [7, 11) is 0. The van der Waals surface area contributed by atoms with E-state index in [-0.39, 0.29) is 5.91 Å². The number of anilines is 2. The van der Waals surface area contributed by atoms with Crippen LogP contribution >= 0.6 is 0 Å². The number of nitrogens with one attached hydrogen (secondary N) is 4. The Balaban J connectivity index is 1.17. The quantitative estimate of drug-likeness (QED) is 0.229. The third-order valence-corrected chi connectivity index (χ3v) is 8.33. The summed E-state index contributed by atoms with van der Waals surface area (Å²) in [6.07, 6.45) is 13.8. The molecule has 4 N–H and O–H groups in total. The van der Waals surface area contributed by atoms with Crippen molar-refractivity contribution in [3.05, 3.63) is 55.1 Å². The van der Waals surface area contributed by atoms with Crippen molar-refractivity contribution in [3.63, 3.8) is 0 Å². The van der Waals surface area contributed by atoms with Gasteiger partial charge in [0.2, 0.25) is 5.91 Å². The van der Waals surface area contributed by atoms with Crippen LogP contribution in [0.15, 0.2) is 55.1 Å². The van der Waals surface area contributed by atoms with Crippen molar-refractivity contribution < 1.29 is 4.79 Å². The van der Waals surface area contributed by atoms with Crippen LogP contribution in [0.4, 0.5) is 11.4 Å². The van der Waals surface area contributed by atoms with Crippen molar-refractivity contribution in [2.45, 2.75) is 38.5 Å². The highest BCUT2D eigenvalue weighted by Gasteiger charge is 2.19. The number of piperidine rings is 2. The number of carbonyl (C=O) groups excluding carboxylic acids is 1. The molecular formula is C31H34N8O. The number of hydrogen-bond acceptors (Lipinski definition) is 6. The van der Waals surface area contributed by atoms with Crippen molar-refractivity contribution in [2.24, 2.45) is 5.92 Å². The van der Waals surface area contributed by atoms with E-state index in [1.54, 1.807) is 6.20 Å². The maximum absolute atomic E-state index is 12.7. The zero-order valence-corrected chi connectivity index (χ0v) is 22.5. The normalized spacial score (nSPS) is 16.6. The molecule has 1 aromatic carbocycles. The Labute approximate surface area is 232 Å². The molecule has 0 bridgehead atoms. The SMILES string of the molecule is O=C(CC1CCNCC1)Nc1cncc(-c2ccc3[nH]nc(-c4cc5c(N6CCCCC6)cncc5[nH]4)c3c2)c1. The molecule has 9 heteroatoms. The van der Waals surface area contributed by atoms with E-state index in [0.29, 0.717) is 12.3 Å². The number of fused-ring (bicyclic) bond motifs is 2. The van der Waals surface area contributed by atoms with Crippen molar-refractivity contribution in [3.8, 4) is 22.5 Å². The number of pyridine rings is 2. The molecule has 0 unspecified atom stereocenters. The molecule has 2 aliphatic heterocycles. The van der Waals surface area contributed by atoms with Crippen LogP contribution in [0.2, 0.25) is 0 Å². The smallest absolute Gasteiger partial charge is 0.224 e. The van der Waals surface area contributed by atoms with Crippen molar-refractivity contribution >= 4 is 39.1 Å². The van der Waals surface area contributed by atoms with Crippen LogP contribution in [0.5, 0.6) is 0 Å². The zero-order chi connectivity index (χ0) is 26.9. The summed E-state index contributed by atoms with van der Waals surface area (Å²) >= 11 is 0. The van der Waals surface area contributed by atoms with Crippen LogP contribution in [0.1, 0.15) is 38.5 Å². The van der Waals surface area contributed by atoms with E-state index < -0.39 is 0 Å². The second-order valence-corrected chi connectivity index (χ2v) is 11.1. The Bertz CT molecular complexity index is 1660. The Morgan fingerprint density at radius 3 is 2.62 bits per heavy atom. The summed E-state index contributed by atoms with van der Waals surface area (Å²) in [5.74, 6) is 0.492. The Kier molecular flexibility index (Phi) is 6.65. The highest BCUT2D eigenvalue weighted by atomic mass is 16.1. The molecule has 1 amide bonds. The van der Waals surface area contributed by atoms with Gasteiger partial charge < -0.3 is 20.5 Å². The lowest BCUT2D eigenvalue weighted by molar-refractivity contribution is -0.117. The first-order chi connectivity index (χ1) is 19.7. The molecule has 2 saturated heterocycles. The van der Waals surface area contributed by atoms with Gasteiger partial charge in [-0.25, -0.2) is 0 Å². The van der Waals surface area contributed by atoms with Gasteiger partial charge in [0, 0.05) is 42.0 Å². The molecule has 2 aliphatic rings. The van der Waals surface area contributed by atoms with Gasteiger partial charge in [0.05, 0.1) is 46.7 Å². The number of benzene rings is 1. The molecule has 0 radical (unpaired) electrons. The van der Waals surface area contributed by atoms with E-state index in [1.807, 2.05) is 30.7 Å². The second-order valence-electron chi connectivity index (χ2n) is 11.1. The highest BCUT2D eigenvalue weighted by molar-refractivity contribution is 6.00. The van der Waals surface area contributed by atoms with Crippen LogP contribution in [0.25, 0.3) is 44.3 Å². The summed E-state index contributed by atoms with van der Waals surface area (Å²) in [5.41, 5.74) is 7.68. The van der Waals surface area contributed by atoms with Crippen LogP contribution in [-0.2, 0) is 4.79 Å². The van der Waals surface area contributed by atoms with E-state index in [4.69, 9.17) is 0 Å². The zero-order valence-electron chi connectivity index (χ0n) is 22.5. The molecule has 5 aromatic rings. The predicted molar refractivity (Wildman–Crippen MR) is 159 cm³/mol. The fourth-order valence-electron chi connectivity index (χ4n) is 6.18. The van der Waals surface area contributed by atoms with Crippen molar-refractivity contribution in [2.75, 3.05) is 36.4 Å². The van der Waals surface area contributed by atoms with Gasteiger partial charge in [0.15, 0.2) is 0 Å². The molecule has 0 spiro atoms. The maximum Gasteiger partial charge on any atom is 0.224 e. The molecule has 0 atom stereocenters. The largest absolute Gasteiger partial charge is 0.370 e. The van der Waals surface area contributed by atoms with E-state index in [0.717, 1.165) is 83.6 Å². The monoisotopic (exact) mass is 534 g/mol. The molecule has 6 heterocycles. The summed E-state index contributed by atoms with van der Waals surface area (Å²) in [6.45, 7) is 4.12. The highest BCUT2D eigenvalue weighted by Crippen LogP contribution is 2.35. The van der Waals surface area contributed by atoms with Gasteiger partial charge in [-0.05, 0) is 80.9 Å². The van der Waals surface area contributed by atoms with Gasteiger partial charge in [-0.3, -0.25) is 19.9 Å². The molecule has 4 aromatic heterocycles. The summed E-state index contributed by atoms with van der Waals surface area (Å²) in [6, 6.07) is 10.4. The molecule has 9 nitrogen and oxygen atoms in total. The predicted octanol–water partition coefficient (Wildman–Crippen LogP) is 5.49. The summed E-state index contributed by atoms with van der Waals surface area (Å²) in [5, 5.41) is 16.5. The number of aromatic amines is 2. The number of rotatable bonds is 6. The molecule has 7 rings (SSSR count). The third-order valence-electron chi connectivity index (χ3n) is 8.33. The summed E-state index contributed by atoms with van der Waals surface area (Å²) in [4.78, 5) is 27.6. The van der Waals surface area contributed by atoms with E-state index in [1.165, 1.54) is 30.3 Å². The molecule has 2 fully saturated rings. The topological polar surface area (TPSA) is 115 Å². The molecule has 204 valence electrons. The minimum atomic E-state index is 0.0515. The molecular weight excluding hydrogens is 500 g/mol. The standard InChI is InChI=1S/C31H34N8O/c40-30(12-20-6-8-32-9-7-20)35-23-13-22(16-33-17-23)21-4-5-26-25(14-21)31(38-37-26)27-15-24-28(36-27)18-34-19-29(24)39-10-2-1-3-11-39/h4-5,13-20,32,36H,1-3,6-12H2,(H,35,40)(H,37,38). The van der Waals surface area contributed by atoms with Crippen molar-refractivity contribution in [1.29, 1.82) is 0 Å². The molecule has 40 heavy (non-hydrogen) atoms. The Morgan fingerprint density at radius 2 is 1.75 bits per heavy atom. The van der Waals surface area contributed by atoms with Gasteiger partial charge in [-0.1, -0.05) is 6.07 Å². The number of carbonyl (C=O) groups is 1. The first kappa shape index (κ1) is 24.8. The lowest BCUT2D eigenvalue weighted by Gasteiger charge is -2.28. The van der Waals surface area contributed by atoms with Crippen LogP contribution in [0.3, 0.4) is 0 Å². The first-order valence-corrected chi connectivity index (χ1v) is 14.4. The maximum atomic E-state index is 12.7. The van der Waals surface area contributed by atoms with Gasteiger partial charge >= 0.3 is 0 Å². The lowest BCUT2D eigenvalue weighted by atomic mass is 9.94. The molecule has 0 aliphatic carbocycles. The number of H-pyrrole nitrogens is 2. The fraction of sp³-hybridized carbons (Fsp3) is 0.355. The number of nitrogens with zero attached hydrogens (tertiary/aromatic N) is 4. The Morgan fingerprint density at radius 1 is 0.900 bits per heavy atom. The van der Waals surface area contributed by atoms with Crippen LogP contribution < -0.4 is 15.5 Å². The van der Waals surface area contributed by atoms with E-state index in [9.17, 15) is 4.79 Å². The van der Waals surface area contributed by atoms with Gasteiger partial charge in [-0.15, -0.1) is 0 Å². The van der Waals surface area contributed by atoms with Crippen molar-refractivity contribution in [1.82, 2.24) is 30.5 Å². The fourth-order valence-corrected chi connectivity index (χ4v) is 6.18. The average molecular weight is 535 g/mol. The lowest BCUT2D eigenvalue weighted by Crippen LogP contribution is -2.30. The second kappa shape index (κ2) is 10.7. The third kappa shape index (κ3) is 4.93. The molecule has 0 saturated carbocycles. The van der Waals surface area contributed by atoms with E-state index >= 15 is 0 Å². The Hall–Kier alpha value is -4.24. The first-order valence-electron chi connectivity index (χ1n) is 14.4. The van der Waals surface area contributed by atoms with Crippen LogP contribution in [0, 0.1) is 5.92 Å². The summed E-state index contributed by atoms with van der Waals surface area (Å²) < 4.78 is 0. The average Bonchev–Trinajstić information content (AvgIpc) is 3.62. The number of hydrogen-bond donors (Lipinski definition) is 4. The van der Waals surface area contributed by atoms with Crippen LogP contribution in [-0.4, -0.2) is 57.2 Å². The van der Waals surface area contributed by atoms with Gasteiger partial charge in [0.1, 0.15) is 5.69 Å². The number of aromatic nitrogens is 5. The van der Waals surface area contributed by atoms with Gasteiger partial charge in [0.25, 0.3) is 0 Å². The minimum absolute atomic E-state index is 0.0515.